The van der Waals surface area contributed by atoms with E-state index in [0.29, 0.717) is 30.2 Å². The minimum atomic E-state index is -0.367. The summed E-state index contributed by atoms with van der Waals surface area (Å²) in [5.74, 6) is -0.265. The molecule has 2 aliphatic heterocycles. The lowest BCUT2D eigenvalue weighted by Crippen LogP contribution is -2.42. The summed E-state index contributed by atoms with van der Waals surface area (Å²) < 4.78 is 10.9. The minimum Gasteiger partial charge on any atom is -0.484 e. The van der Waals surface area contributed by atoms with Crippen LogP contribution in [0.1, 0.15) is 12.0 Å². The zero-order valence-electron chi connectivity index (χ0n) is 20.0. The molecule has 2 aliphatic rings. The smallest absolute Gasteiger partial charge is 0.262 e. The van der Waals surface area contributed by atoms with Gasteiger partial charge in [-0.1, -0.05) is 17.7 Å². The summed E-state index contributed by atoms with van der Waals surface area (Å²) in [6.07, 6.45) is 0.195. The van der Waals surface area contributed by atoms with Crippen molar-refractivity contribution in [3.05, 3.63) is 54.1 Å². The van der Waals surface area contributed by atoms with E-state index in [1.165, 1.54) is 0 Å². The number of nitrogens with zero attached hydrogens (tertiary/aromatic N) is 2. The summed E-state index contributed by atoms with van der Waals surface area (Å²) in [4.78, 5) is 41.1. The average Bonchev–Trinajstić information content (AvgIpc) is 3.27. The lowest BCUT2D eigenvalue weighted by molar-refractivity contribution is -0.126. The number of morpholine rings is 1. The van der Waals surface area contributed by atoms with Crippen molar-refractivity contribution in [2.45, 2.75) is 13.3 Å². The first kappa shape index (κ1) is 24.7. The largest absolute Gasteiger partial charge is 0.484 e. The van der Waals surface area contributed by atoms with Gasteiger partial charge in [0.15, 0.2) is 6.61 Å². The van der Waals surface area contributed by atoms with Gasteiger partial charge in [0.2, 0.25) is 11.8 Å². The van der Waals surface area contributed by atoms with Crippen molar-refractivity contribution < 1.29 is 23.9 Å². The number of nitrogens with one attached hydrogen (secondary N) is 2. The molecule has 2 aromatic carbocycles. The van der Waals surface area contributed by atoms with Crippen molar-refractivity contribution in [1.82, 2.24) is 10.2 Å². The Kier molecular flexibility index (Phi) is 8.33. The van der Waals surface area contributed by atoms with Crippen molar-refractivity contribution in [1.29, 1.82) is 0 Å². The Bertz CT molecular complexity index is 1020. The molecule has 35 heavy (non-hydrogen) atoms. The van der Waals surface area contributed by atoms with Crippen LogP contribution in [-0.2, 0) is 19.1 Å². The van der Waals surface area contributed by atoms with E-state index in [1.807, 2.05) is 31.2 Å². The van der Waals surface area contributed by atoms with Gasteiger partial charge in [-0.15, -0.1) is 0 Å². The third-order valence-corrected chi connectivity index (χ3v) is 6.18. The van der Waals surface area contributed by atoms with Crippen LogP contribution in [0.5, 0.6) is 5.75 Å². The van der Waals surface area contributed by atoms with Gasteiger partial charge in [-0.05, 0) is 43.3 Å². The molecule has 2 heterocycles. The monoisotopic (exact) mass is 480 g/mol. The Morgan fingerprint density at radius 3 is 2.49 bits per heavy atom. The summed E-state index contributed by atoms with van der Waals surface area (Å²) in [5, 5.41) is 5.75. The summed E-state index contributed by atoms with van der Waals surface area (Å²) >= 11 is 0. The highest BCUT2D eigenvalue weighted by Crippen LogP contribution is 2.27. The van der Waals surface area contributed by atoms with E-state index in [0.717, 1.165) is 38.4 Å². The first-order valence-corrected chi connectivity index (χ1v) is 12.0. The maximum atomic E-state index is 12.6. The molecule has 0 bridgehead atoms. The first-order valence-electron chi connectivity index (χ1n) is 12.0. The van der Waals surface area contributed by atoms with Crippen LogP contribution in [0.25, 0.3) is 0 Å². The number of anilines is 2. The average molecular weight is 481 g/mol. The standard InChI is InChI=1S/C26H32N4O5/c1-19-2-4-21(5-3-19)28-24(31)18-35-23-8-6-22(7-9-23)30-17-20(16-25(30)32)26(33)27-10-11-29-12-14-34-15-13-29/h2-9,20H,10-18H2,1H3,(H,27,33)(H,28,31)/t20-/m0/s1. The Morgan fingerprint density at radius 1 is 1.06 bits per heavy atom. The molecule has 0 aromatic heterocycles. The van der Waals surface area contributed by atoms with E-state index in [9.17, 15) is 14.4 Å². The van der Waals surface area contributed by atoms with Crippen molar-refractivity contribution >= 4 is 29.1 Å². The predicted molar refractivity (Wildman–Crippen MR) is 132 cm³/mol. The molecule has 0 aliphatic carbocycles. The number of carbonyl (C=O) groups excluding carboxylic acids is 3. The van der Waals surface area contributed by atoms with Crippen LogP contribution >= 0.6 is 0 Å². The van der Waals surface area contributed by atoms with Crippen LogP contribution in [-0.4, -0.2) is 75.2 Å². The van der Waals surface area contributed by atoms with Crippen LogP contribution in [0.3, 0.4) is 0 Å². The number of benzene rings is 2. The molecule has 186 valence electrons. The van der Waals surface area contributed by atoms with Gasteiger partial charge in [0.1, 0.15) is 5.75 Å². The fourth-order valence-electron chi connectivity index (χ4n) is 4.14. The number of amides is 3. The molecular weight excluding hydrogens is 448 g/mol. The number of rotatable bonds is 9. The molecule has 0 spiro atoms. The highest BCUT2D eigenvalue weighted by atomic mass is 16.5. The number of carbonyl (C=O) groups is 3. The van der Waals surface area contributed by atoms with Crippen molar-refractivity contribution in [2.75, 3.05) is 62.8 Å². The third-order valence-electron chi connectivity index (χ3n) is 6.18. The molecule has 2 fully saturated rings. The van der Waals surface area contributed by atoms with Crippen molar-refractivity contribution in [3.63, 3.8) is 0 Å². The fraction of sp³-hybridized carbons (Fsp3) is 0.423. The Morgan fingerprint density at radius 2 is 1.77 bits per heavy atom. The van der Waals surface area contributed by atoms with Gasteiger partial charge >= 0.3 is 0 Å². The maximum Gasteiger partial charge on any atom is 0.262 e. The molecule has 9 nitrogen and oxygen atoms in total. The molecule has 3 amide bonds. The SMILES string of the molecule is Cc1ccc(NC(=O)COc2ccc(N3C[C@@H](C(=O)NCCN4CCOCC4)CC3=O)cc2)cc1. The highest BCUT2D eigenvalue weighted by molar-refractivity contribution is 6.00. The molecule has 0 saturated carbocycles. The molecule has 2 N–H and O–H groups in total. The Balaban J connectivity index is 1.21. The van der Waals surface area contributed by atoms with Gasteiger partial charge in [-0.25, -0.2) is 0 Å². The summed E-state index contributed by atoms with van der Waals surface area (Å²) in [6, 6.07) is 14.5. The number of ether oxygens (including phenoxy) is 2. The number of hydrogen-bond donors (Lipinski definition) is 2. The van der Waals surface area contributed by atoms with Gasteiger partial charge in [-0.3, -0.25) is 19.3 Å². The van der Waals surface area contributed by atoms with Gasteiger partial charge in [0.25, 0.3) is 5.91 Å². The second kappa shape index (κ2) is 11.8. The van der Waals surface area contributed by atoms with Gasteiger partial charge in [0, 0.05) is 50.5 Å². The van der Waals surface area contributed by atoms with E-state index >= 15 is 0 Å². The Hall–Kier alpha value is -3.43. The molecule has 1 atom stereocenters. The molecule has 0 unspecified atom stereocenters. The molecule has 4 rings (SSSR count). The topological polar surface area (TPSA) is 100 Å². The van der Waals surface area contributed by atoms with E-state index < -0.39 is 0 Å². The van der Waals surface area contributed by atoms with Crippen molar-refractivity contribution in [3.8, 4) is 5.75 Å². The summed E-state index contributed by atoms with van der Waals surface area (Å²) in [7, 11) is 0. The zero-order chi connectivity index (χ0) is 24.6. The molecule has 2 aromatic rings. The van der Waals surface area contributed by atoms with E-state index in [2.05, 4.69) is 15.5 Å². The second-order valence-electron chi connectivity index (χ2n) is 8.85. The molecule has 2 saturated heterocycles. The van der Waals surface area contributed by atoms with Gasteiger partial charge in [0.05, 0.1) is 19.1 Å². The zero-order valence-corrected chi connectivity index (χ0v) is 20.0. The molecule has 0 radical (unpaired) electrons. The van der Waals surface area contributed by atoms with Crippen LogP contribution < -0.4 is 20.3 Å². The third kappa shape index (κ3) is 7.03. The van der Waals surface area contributed by atoms with Gasteiger partial charge < -0.3 is 25.0 Å². The molecular formula is C26H32N4O5. The van der Waals surface area contributed by atoms with Crippen LogP contribution in [0.15, 0.2) is 48.5 Å². The normalized spacial score (nSPS) is 18.4. The van der Waals surface area contributed by atoms with Crippen LogP contribution in [0.2, 0.25) is 0 Å². The lowest BCUT2D eigenvalue weighted by atomic mass is 10.1. The number of aryl methyl sites for hydroxylation is 1. The van der Waals surface area contributed by atoms with Gasteiger partial charge in [-0.2, -0.15) is 0 Å². The molecule has 9 heteroatoms. The number of hydrogen-bond acceptors (Lipinski definition) is 6. The second-order valence-corrected chi connectivity index (χ2v) is 8.85. The van der Waals surface area contributed by atoms with Crippen LogP contribution in [0.4, 0.5) is 11.4 Å². The van der Waals surface area contributed by atoms with E-state index in [-0.39, 0.29) is 36.7 Å². The Labute approximate surface area is 205 Å². The fourth-order valence-corrected chi connectivity index (χ4v) is 4.14. The highest BCUT2D eigenvalue weighted by Gasteiger charge is 2.35. The predicted octanol–water partition coefficient (Wildman–Crippen LogP) is 1.81. The van der Waals surface area contributed by atoms with Crippen LogP contribution in [0, 0.1) is 12.8 Å². The first-order chi connectivity index (χ1) is 17.0. The summed E-state index contributed by atoms with van der Waals surface area (Å²) in [5.41, 5.74) is 2.54. The quantitative estimate of drug-likeness (QED) is 0.568. The lowest BCUT2D eigenvalue weighted by Gasteiger charge is -2.26. The minimum absolute atomic E-state index is 0.0792. The van der Waals surface area contributed by atoms with Crippen molar-refractivity contribution in [2.24, 2.45) is 5.92 Å². The van der Waals surface area contributed by atoms with E-state index in [4.69, 9.17) is 9.47 Å². The maximum absolute atomic E-state index is 12.6. The summed E-state index contributed by atoms with van der Waals surface area (Å²) in [6.45, 7) is 6.76. The van der Waals surface area contributed by atoms with E-state index in [1.54, 1.807) is 29.2 Å².